The smallest absolute Gasteiger partial charge is 0.269 e. The van der Waals surface area contributed by atoms with Gasteiger partial charge in [0.1, 0.15) is 5.69 Å². The second kappa shape index (κ2) is 6.37. The average Bonchev–Trinajstić information content (AvgIpc) is 3.14. The lowest BCUT2D eigenvalue weighted by atomic mass is 10.1. The van der Waals surface area contributed by atoms with E-state index in [1.165, 1.54) is 5.56 Å². The summed E-state index contributed by atoms with van der Waals surface area (Å²) in [5.41, 5.74) is 4.23. The molecule has 0 aliphatic heterocycles. The zero-order valence-corrected chi connectivity index (χ0v) is 14.4. The van der Waals surface area contributed by atoms with Crippen LogP contribution in [0.5, 0.6) is 0 Å². The third-order valence-corrected chi connectivity index (χ3v) is 4.26. The molecule has 0 atom stereocenters. The van der Waals surface area contributed by atoms with Gasteiger partial charge < -0.3 is 5.32 Å². The van der Waals surface area contributed by atoms with E-state index in [2.05, 4.69) is 36.5 Å². The maximum atomic E-state index is 12.2. The Kier molecular flexibility index (Phi) is 4.29. The van der Waals surface area contributed by atoms with Crippen LogP contribution >= 0.6 is 15.9 Å². The number of aryl methyl sites for hydroxylation is 2. The van der Waals surface area contributed by atoms with E-state index in [9.17, 15) is 4.79 Å². The Bertz CT molecular complexity index is 815. The normalized spacial score (nSPS) is 10.7. The zero-order valence-electron chi connectivity index (χ0n) is 12.8. The Hall–Kier alpha value is -2.41. The summed E-state index contributed by atoms with van der Waals surface area (Å²) >= 11 is 3.41. The minimum atomic E-state index is -0.205. The van der Waals surface area contributed by atoms with Crippen LogP contribution in [0.2, 0.25) is 0 Å². The second-order valence-electron chi connectivity index (χ2n) is 5.28. The summed E-state index contributed by atoms with van der Waals surface area (Å²) in [7, 11) is 1.83. The summed E-state index contributed by atoms with van der Waals surface area (Å²) in [6, 6.07) is 9.76. The highest BCUT2D eigenvalue weighted by molar-refractivity contribution is 9.10. The lowest BCUT2D eigenvalue weighted by Gasteiger charge is -2.04. The van der Waals surface area contributed by atoms with E-state index >= 15 is 0 Å². The van der Waals surface area contributed by atoms with Crippen LogP contribution in [0, 0.1) is 6.92 Å². The van der Waals surface area contributed by atoms with Crippen LogP contribution < -0.4 is 5.32 Å². The quantitative estimate of drug-likeness (QED) is 0.738. The first-order valence-corrected chi connectivity index (χ1v) is 7.91. The van der Waals surface area contributed by atoms with Gasteiger partial charge in [-0.25, -0.2) is 0 Å². The SMILES string of the molecule is Cc1ccc(-c2cc(C(=O)NCc3c(Br)cnn3C)[nH]n2)cc1. The molecule has 1 aromatic carbocycles. The van der Waals surface area contributed by atoms with Crippen molar-refractivity contribution in [3.63, 3.8) is 0 Å². The van der Waals surface area contributed by atoms with Crippen LogP contribution in [0.25, 0.3) is 11.3 Å². The monoisotopic (exact) mass is 373 g/mol. The highest BCUT2D eigenvalue weighted by Crippen LogP contribution is 2.18. The van der Waals surface area contributed by atoms with Crippen molar-refractivity contribution in [1.82, 2.24) is 25.3 Å². The highest BCUT2D eigenvalue weighted by Gasteiger charge is 2.13. The van der Waals surface area contributed by atoms with E-state index in [-0.39, 0.29) is 5.91 Å². The Morgan fingerprint density at radius 3 is 2.74 bits per heavy atom. The fourth-order valence-corrected chi connectivity index (χ4v) is 2.69. The maximum absolute atomic E-state index is 12.2. The van der Waals surface area contributed by atoms with Crippen molar-refractivity contribution in [1.29, 1.82) is 0 Å². The van der Waals surface area contributed by atoms with Crippen LogP contribution in [0.15, 0.2) is 41.0 Å². The van der Waals surface area contributed by atoms with Gasteiger partial charge in [-0.1, -0.05) is 29.8 Å². The number of amides is 1. The molecule has 0 saturated heterocycles. The fourth-order valence-electron chi connectivity index (χ4n) is 2.20. The molecule has 0 saturated carbocycles. The molecule has 2 heterocycles. The molecule has 0 aliphatic carbocycles. The Morgan fingerprint density at radius 2 is 2.09 bits per heavy atom. The lowest BCUT2D eigenvalue weighted by molar-refractivity contribution is 0.0945. The van der Waals surface area contributed by atoms with Crippen molar-refractivity contribution in [2.45, 2.75) is 13.5 Å². The Balaban J connectivity index is 1.70. The number of hydrogen-bond acceptors (Lipinski definition) is 3. The summed E-state index contributed by atoms with van der Waals surface area (Å²) in [4.78, 5) is 12.2. The van der Waals surface area contributed by atoms with Gasteiger partial charge in [0.2, 0.25) is 0 Å². The van der Waals surface area contributed by atoms with Gasteiger partial charge in [-0.3, -0.25) is 14.6 Å². The van der Waals surface area contributed by atoms with Gasteiger partial charge in [0.25, 0.3) is 5.91 Å². The largest absolute Gasteiger partial charge is 0.345 e. The fraction of sp³-hybridized carbons (Fsp3) is 0.188. The minimum Gasteiger partial charge on any atom is -0.345 e. The highest BCUT2D eigenvalue weighted by atomic mass is 79.9. The van der Waals surface area contributed by atoms with Gasteiger partial charge in [-0.15, -0.1) is 0 Å². The number of nitrogens with zero attached hydrogens (tertiary/aromatic N) is 3. The van der Waals surface area contributed by atoms with Crippen molar-refractivity contribution in [3.8, 4) is 11.3 Å². The number of aromatic amines is 1. The number of aromatic nitrogens is 4. The third-order valence-electron chi connectivity index (χ3n) is 3.60. The molecule has 3 rings (SSSR count). The summed E-state index contributed by atoms with van der Waals surface area (Å²) in [5.74, 6) is -0.205. The maximum Gasteiger partial charge on any atom is 0.269 e. The number of nitrogens with one attached hydrogen (secondary N) is 2. The standard InChI is InChI=1S/C16H16BrN5O/c1-10-3-5-11(6-4-10)13-7-14(21-20-13)16(23)18-9-15-12(17)8-19-22(15)2/h3-8H,9H2,1-2H3,(H,18,23)(H,20,21). The molecule has 2 N–H and O–H groups in total. The molecule has 0 fully saturated rings. The zero-order chi connectivity index (χ0) is 16.4. The van der Waals surface area contributed by atoms with Crippen molar-refractivity contribution < 1.29 is 4.79 Å². The first-order valence-electron chi connectivity index (χ1n) is 7.11. The number of benzene rings is 1. The first kappa shape index (κ1) is 15.5. The Morgan fingerprint density at radius 1 is 1.35 bits per heavy atom. The van der Waals surface area contributed by atoms with Gasteiger partial charge in [0.05, 0.1) is 28.6 Å². The van der Waals surface area contributed by atoms with Gasteiger partial charge in [0.15, 0.2) is 0 Å². The van der Waals surface area contributed by atoms with Gasteiger partial charge in [0, 0.05) is 12.6 Å². The summed E-state index contributed by atoms with van der Waals surface area (Å²) in [5, 5.41) is 14.0. The minimum absolute atomic E-state index is 0.205. The molecule has 6 nitrogen and oxygen atoms in total. The van der Waals surface area contributed by atoms with E-state index in [0.29, 0.717) is 12.2 Å². The predicted octanol–water partition coefficient (Wildman–Crippen LogP) is 2.81. The Labute approximate surface area is 142 Å². The second-order valence-corrected chi connectivity index (χ2v) is 6.13. The van der Waals surface area contributed by atoms with Gasteiger partial charge >= 0.3 is 0 Å². The molecule has 0 radical (unpaired) electrons. The van der Waals surface area contributed by atoms with Gasteiger partial charge in [-0.2, -0.15) is 10.2 Å². The van der Waals surface area contributed by atoms with Crippen LogP contribution in [0.1, 0.15) is 21.7 Å². The summed E-state index contributed by atoms with van der Waals surface area (Å²) in [6.07, 6.45) is 1.70. The molecular formula is C16H16BrN5O. The van der Waals surface area contributed by atoms with Crippen LogP contribution in [-0.4, -0.2) is 25.9 Å². The number of rotatable bonds is 4. The van der Waals surface area contributed by atoms with Crippen LogP contribution in [-0.2, 0) is 13.6 Å². The molecule has 0 spiro atoms. The van der Waals surface area contributed by atoms with Crippen molar-refractivity contribution in [2.24, 2.45) is 7.05 Å². The van der Waals surface area contributed by atoms with E-state index in [4.69, 9.17) is 0 Å². The van der Waals surface area contributed by atoms with E-state index < -0.39 is 0 Å². The average molecular weight is 374 g/mol. The van der Waals surface area contributed by atoms with E-state index in [0.717, 1.165) is 21.4 Å². The number of hydrogen-bond donors (Lipinski definition) is 2. The molecular weight excluding hydrogens is 358 g/mol. The number of H-pyrrole nitrogens is 1. The van der Waals surface area contributed by atoms with E-state index in [1.807, 2.05) is 38.2 Å². The first-order chi connectivity index (χ1) is 11.0. The molecule has 1 amide bonds. The third kappa shape index (κ3) is 3.34. The van der Waals surface area contributed by atoms with Crippen molar-refractivity contribution in [3.05, 3.63) is 58.0 Å². The predicted molar refractivity (Wildman–Crippen MR) is 90.8 cm³/mol. The summed E-state index contributed by atoms with van der Waals surface area (Å²) < 4.78 is 2.58. The molecule has 2 aromatic heterocycles. The molecule has 3 aromatic rings. The summed E-state index contributed by atoms with van der Waals surface area (Å²) in [6.45, 7) is 2.42. The number of halogens is 1. The molecule has 7 heteroatoms. The van der Waals surface area contributed by atoms with Crippen molar-refractivity contribution >= 4 is 21.8 Å². The van der Waals surface area contributed by atoms with Crippen LogP contribution in [0.4, 0.5) is 0 Å². The van der Waals surface area contributed by atoms with E-state index in [1.54, 1.807) is 16.9 Å². The number of carbonyl (C=O) groups excluding carboxylic acids is 1. The molecule has 118 valence electrons. The molecule has 23 heavy (non-hydrogen) atoms. The van der Waals surface area contributed by atoms with Crippen molar-refractivity contribution in [2.75, 3.05) is 0 Å². The number of carbonyl (C=O) groups is 1. The topological polar surface area (TPSA) is 75.6 Å². The van der Waals surface area contributed by atoms with Crippen LogP contribution in [0.3, 0.4) is 0 Å². The van der Waals surface area contributed by atoms with Gasteiger partial charge in [-0.05, 0) is 28.9 Å². The molecule has 0 bridgehead atoms. The molecule has 0 unspecified atom stereocenters. The lowest BCUT2D eigenvalue weighted by Crippen LogP contribution is -2.24. The molecule has 0 aliphatic rings.